The molecule has 1 fully saturated rings. The van der Waals surface area contributed by atoms with Gasteiger partial charge in [0.25, 0.3) is 0 Å². The Balaban J connectivity index is 3.23. The van der Waals surface area contributed by atoms with Crippen LogP contribution < -0.4 is 5.32 Å². The molecule has 0 aromatic rings. The molecular weight excluding hydrogens is 208 g/mol. The Hall–Kier alpha value is -1.83. The molecule has 5 heteroatoms. The Kier molecular flexibility index (Phi) is 2.55. The molecule has 0 aromatic heterocycles. The van der Waals surface area contributed by atoms with Crippen molar-refractivity contribution in [2.24, 2.45) is 5.41 Å². The molecule has 5 nitrogen and oxygen atoms in total. The molecule has 0 spiro atoms. The third-order valence-corrected chi connectivity index (χ3v) is 2.64. The minimum absolute atomic E-state index is 0.579. The van der Waals surface area contributed by atoms with E-state index in [0.29, 0.717) is 0 Å². The van der Waals surface area contributed by atoms with Crippen LogP contribution in [0.3, 0.4) is 0 Å². The van der Waals surface area contributed by atoms with E-state index in [1.807, 2.05) is 0 Å². The van der Waals surface area contributed by atoms with Crippen LogP contribution in [-0.4, -0.2) is 28.3 Å². The number of imide groups is 2. The quantitative estimate of drug-likeness (QED) is 0.519. The van der Waals surface area contributed by atoms with Crippen molar-refractivity contribution in [1.82, 2.24) is 10.2 Å². The molecule has 86 valence electrons. The van der Waals surface area contributed by atoms with Gasteiger partial charge in [-0.2, -0.15) is 0 Å². The summed E-state index contributed by atoms with van der Waals surface area (Å²) in [5, 5.41) is 2.12. The van der Waals surface area contributed by atoms with E-state index in [4.69, 9.17) is 6.42 Å². The van der Waals surface area contributed by atoms with Gasteiger partial charge in [0.1, 0.15) is 11.0 Å². The van der Waals surface area contributed by atoms with Gasteiger partial charge in [-0.25, -0.2) is 9.69 Å². The van der Waals surface area contributed by atoms with Gasteiger partial charge in [-0.05, 0) is 27.7 Å². The van der Waals surface area contributed by atoms with Gasteiger partial charge in [0.2, 0.25) is 11.8 Å². The zero-order chi connectivity index (χ0) is 12.7. The first-order chi connectivity index (χ1) is 7.14. The lowest BCUT2D eigenvalue weighted by Gasteiger charge is -2.40. The fourth-order valence-corrected chi connectivity index (χ4v) is 1.35. The summed E-state index contributed by atoms with van der Waals surface area (Å²) in [7, 11) is 0. The summed E-state index contributed by atoms with van der Waals surface area (Å²) in [5.74, 6) is 1.17. The molecule has 1 rings (SSSR count). The predicted octanol–water partition coefficient (Wildman–Crippen LogP) is 0.503. The normalized spacial score (nSPS) is 20.4. The highest BCUT2D eigenvalue weighted by atomic mass is 16.2. The van der Waals surface area contributed by atoms with E-state index < -0.39 is 28.8 Å². The summed E-state index contributed by atoms with van der Waals surface area (Å²) in [6.07, 6.45) is 5.28. The van der Waals surface area contributed by atoms with Crippen molar-refractivity contribution in [3.8, 4) is 12.3 Å². The fraction of sp³-hybridized carbons (Fsp3) is 0.545. The molecule has 1 aliphatic heterocycles. The smallest absolute Gasteiger partial charge is 0.277 e. The highest BCUT2D eigenvalue weighted by Gasteiger charge is 2.51. The standard InChI is InChI=1S/C11H14N2O3/c1-6-10(2,3)13-8(15)11(4,5)7(14)12-9(13)16/h1H,2-5H3,(H,12,14,16). The summed E-state index contributed by atoms with van der Waals surface area (Å²) < 4.78 is 0. The summed E-state index contributed by atoms with van der Waals surface area (Å²) in [5.41, 5.74) is -2.33. The van der Waals surface area contributed by atoms with Crippen molar-refractivity contribution in [2.75, 3.05) is 0 Å². The van der Waals surface area contributed by atoms with Gasteiger partial charge in [0, 0.05) is 0 Å². The predicted molar refractivity (Wildman–Crippen MR) is 57.1 cm³/mol. The molecule has 0 unspecified atom stereocenters. The van der Waals surface area contributed by atoms with Crippen LogP contribution in [0.5, 0.6) is 0 Å². The third-order valence-electron chi connectivity index (χ3n) is 2.64. The van der Waals surface area contributed by atoms with Crippen molar-refractivity contribution in [3.05, 3.63) is 0 Å². The Morgan fingerprint density at radius 3 is 2.25 bits per heavy atom. The molecule has 0 atom stereocenters. The number of hydrogen-bond donors (Lipinski definition) is 1. The van der Waals surface area contributed by atoms with Crippen molar-refractivity contribution >= 4 is 17.8 Å². The number of amides is 4. The summed E-state index contributed by atoms with van der Waals surface area (Å²) >= 11 is 0. The molecule has 0 radical (unpaired) electrons. The molecule has 0 aromatic carbocycles. The van der Waals surface area contributed by atoms with Crippen LogP contribution >= 0.6 is 0 Å². The zero-order valence-corrected chi connectivity index (χ0v) is 9.75. The second kappa shape index (κ2) is 3.34. The van der Waals surface area contributed by atoms with E-state index in [2.05, 4.69) is 11.2 Å². The number of rotatable bonds is 1. The summed E-state index contributed by atoms with van der Waals surface area (Å²) in [6, 6.07) is -0.766. The SMILES string of the molecule is C#CC(C)(C)N1C(=O)NC(=O)C(C)(C)C1=O. The molecular formula is C11H14N2O3. The van der Waals surface area contributed by atoms with Crippen LogP contribution in [0.15, 0.2) is 0 Å². The Labute approximate surface area is 94.2 Å². The van der Waals surface area contributed by atoms with E-state index in [-0.39, 0.29) is 0 Å². The van der Waals surface area contributed by atoms with Crippen LogP contribution in [-0.2, 0) is 9.59 Å². The third kappa shape index (κ3) is 1.56. The summed E-state index contributed by atoms with van der Waals surface area (Å²) in [4.78, 5) is 36.0. The number of hydrogen-bond acceptors (Lipinski definition) is 3. The van der Waals surface area contributed by atoms with Crippen LogP contribution in [0.2, 0.25) is 0 Å². The van der Waals surface area contributed by atoms with Crippen molar-refractivity contribution in [2.45, 2.75) is 33.2 Å². The highest BCUT2D eigenvalue weighted by Crippen LogP contribution is 2.28. The molecule has 0 aliphatic carbocycles. The molecule has 4 amide bonds. The maximum Gasteiger partial charge on any atom is 0.332 e. The van der Waals surface area contributed by atoms with E-state index in [9.17, 15) is 14.4 Å². The molecule has 16 heavy (non-hydrogen) atoms. The van der Waals surface area contributed by atoms with Crippen LogP contribution in [0.25, 0.3) is 0 Å². The minimum atomic E-state index is -1.28. The lowest BCUT2D eigenvalue weighted by Crippen LogP contribution is -2.66. The number of terminal acetylenes is 1. The Bertz CT molecular complexity index is 415. The Morgan fingerprint density at radius 1 is 1.31 bits per heavy atom. The lowest BCUT2D eigenvalue weighted by atomic mass is 9.86. The van der Waals surface area contributed by atoms with Crippen LogP contribution in [0.1, 0.15) is 27.7 Å². The first kappa shape index (κ1) is 12.2. The Morgan fingerprint density at radius 2 is 1.81 bits per heavy atom. The average molecular weight is 222 g/mol. The monoisotopic (exact) mass is 222 g/mol. The molecule has 1 aliphatic rings. The van der Waals surface area contributed by atoms with E-state index in [1.165, 1.54) is 13.8 Å². The van der Waals surface area contributed by atoms with E-state index in [0.717, 1.165) is 4.90 Å². The molecule has 0 bridgehead atoms. The zero-order valence-electron chi connectivity index (χ0n) is 9.75. The number of carbonyl (C=O) groups excluding carboxylic acids is 3. The lowest BCUT2D eigenvalue weighted by molar-refractivity contribution is -0.151. The number of barbiturate groups is 1. The van der Waals surface area contributed by atoms with Gasteiger partial charge in [-0.3, -0.25) is 14.9 Å². The fourth-order valence-electron chi connectivity index (χ4n) is 1.35. The highest BCUT2D eigenvalue weighted by molar-refractivity contribution is 6.19. The van der Waals surface area contributed by atoms with E-state index >= 15 is 0 Å². The summed E-state index contributed by atoms with van der Waals surface area (Å²) in [6.45, 7) is 6.04. The second-order valence-electron chi connectivity index (χ2n) is 4.73. The molecule has 1 N–H and O–H groups in total. The minimum Gasteiger partial charge on any atom is -0.277 e. The number of nitrogens with one attached hydrogen (secondary N) is 1. The molecule has 0 saturated carbocycles. The van der Waals surface area contributed by atoms with Crippen LogP contribution in [0, 0.1) is 17.8 Å². The largest absolute Gasteiger partial charge is 0.332 e. The van der Waals surface area contributed by atoms with Crippen molar-refractivity contribution < 1.29 is 14.4 Å². The van der Waals surface area contributed by atoms with Gasteiger partial charge in [0.15, 0.2) is 0 Å². The van der Waals surface area contributed by atoms with E-state index in [1.54, 1.807) is 13.8 Å². The maximum absolute atomic E-state index is 12.0. The van der Waals surface area contributed by atoms with Gasteiger partial charge < -0.3 is 0 Å². The van der Waals surface area contributed by atoms with Gasteiger partial charge in [-0.1, -0.05) is 5.92 Å². The average Bonchev–Trinajstić information content (AvgIpc) is 2.15. The van der Waals surface area contributed by atoms with Gasteiger partial charge >= 0.3 is 6.03 Å². The van der Waals surface area contributed by atoms with Gasteiger partial charge in [0.05, 0.1) is 0 Å². The maximum atomic E-state index is 12.0. The van der Waals surface area contributed by atoms with Crippen molar-refractivity contribution in [1.29, 1.82) is 0 Å². The number of nitrogens with zero attached hydrogens (tertiary/aromatic N) is 1. The first-order valence-corrected chi connectivity index (χ1v) is 4.82. The van der Waals surface area contributed by atoms with Crippen molar-refractivity contribution in [3.63, 3.8) is 0 Å². The topological polar surface area (TPSA) is 66.5 Å². The number of carbonyl (C=O) groups is 3. The first-order valence-electron chi connectivity index (χ1n) is 4.82. The van der Waals surface area contributed by atoms with Crippen LogP contribution in [0.4, 0.5) is 4.79 Å². The number of urea groups is 1. The molecule has 1 heterocycles. The molecule has 1 saturated heterocycles. The second-order valence-corrected chi connectivity index (χ2v) is 4.73. The van der Waals surface area contributed by atoms with Gasteiger partial charge in [-0.15, -0.1) is 6.42 Å².